The Hall–Kier alpha value is -2.80. The molecule has 3 rings (SSSR count). The van der Waals surface area contributed by atoms with Crippen LogP contribution in [0.3, 0.4) is 0 Å². The number of rotatable bonds is 7. The van der Waals surface area contributed by atoms with Crippen molar-refractivity contribution in [2.45, 2.75) is 38.7 Å². The summed E-state index contributed by atoms with van der Waals surface area (Å²) in [5.74, 6) is 2.37. The quantitative estimate of drug-likeness (QED) is 0.391. The zero-order valence-electron chi connectivity index (χ0n) is 17.5. The maximum absolute atomic E-state index is 12.0. The molecule has 1 aromatic heterocycles. The Morgan fingerprint density at radius 2 is 1.76 bits per heavy atom. The number of ether oxygens (including phenoxy) is 2. The van der Waals surface area contributed by atoms with E-state index in [1.165, 1.54) is 11.8 Å². The van der Waals surface area contributed by atoms with Crippen LogP contribution in [0.1, 0.15) is 39.5 Å². The Morgan fingerprint density at radius 1 is 1.03 bits per heavy atom. The van der Waals surface area contributed by atoms with E-state index in [0.29, 0.717) is 28.4 Å². The first-order valence-electron chi connectivity index (χ1n) is 9.15. The molecule has 29 heavy (non-hydrogen) atoms. The number of ketones is 1. The second kappa shape index (κ2) is 8.69. The van der Waals surface area contributed by atoms with Crippen LogP contribution < -0.4 is 9.47 Å². The van der Waals surface area contributed by atoms with E-state index in [9.17, 15) is 4.79 Å². The van der Waals surface area contributed by atoms with Gasteiger partial charge in [-0.25, -0.2) is 0 Å². The van der Waals surface area contributed by atoms with E-state index < -0.39 is 0 Å². The number of Topliss-reactive ketones (excluding diaryl/α,β-unsaturated/α-hetero) is 1. The fourth-order valence-electron chi connectivity index (χ4n) is 3.48. The first-order chi connectivity index (χ1) is 13.8. The zero-order valence-corrected chi connectivity index (χ0v) is 18.3. The first-order valence-corrected chi connectivity index (χ1v) is 10.1. The summed E-state index contributed by atoms with van der Waals surface area (Å²) < 4.78 is 16.4. The number of methoxy groups -OCH3 is 2. The lowest BCUT2D eigenvalue weighted by Crippen LogP contribution is -2.05. The number of benzene rings is 2. The second-order valence-corrected chi connectivity index (χ2v) is 7.70. The van der Waals surface area contributed by atoms with Crippen LogP contribution in [-0.4, -0.2) is 30.2 Å². The van der Waals surface area contributed by atoms with Crippen LogP contribution in [0, 0.1) is 20.8 Å². The van der Waals surface area contributed by atoms with Crippen molar-refractivity contribution >= 4 is 17.5 Å². The van der Waals surface area contributed by atoms with Crippen LogP contribution in [-0.2, 0) is 5.75 Å². The molecular weight excluding hydrogens is 388 g/mol. The molecule has 0 unspecified atom stereocenters. The molecule has 0 bridgehead atoms. The minimum absolute atomic E-state index is 0.0831. The second-order valence-electron chi connectivity index (χ2n) is 6.78. The smallest absolute Gasteiger partial charge is 0.277 e. The highest BCUT2D eigenvalue weighted by atomic mass is 32.2. The van der Waals surface area contributed by atoms with Gasteiger partial charge < -0.3 is 13.9 Å². The third-order valence-electron chi connectivity index (χ3n) is 4.86. The Morgan fingerprint density at radius 3 is 2.41 bits per heavy atom. The van der Waals surface area contributed by atoms with E-state index in [1.54, 1.807) is 33.3 Å². The lowest BCUT2D eigenvalue weighted by Gasteiger charge is -2.15. The van der Waals surface area contributed by atoms with Crippen molar-refractivity contribution in [2.24, 2.45) is 0 Å². The molecule has 0 aliphatic carbocycles. The van der Waals surface area contributed by atoms with Gasteiger partial charge in [0.25, 0.3) is 5.22 Å². The number of hydrogen-bond acceptors (Lipinski definition) is 7. The van der Waals surface area contributed by atoms with Crippen LogP contribution in [0.5, 0.6) is 11.5 Å². The molecule has 0 atom stereocenters. The number of carbonyl (C=O) groups is 1. The summed E-state index contributed by atoms with van der Waals surface area (Å²) in [6.07, 6.45) is 0. The summed E-state index contributed by atoms with van der Waals surface area (Å²) in [4.78, 5) is 12.0. The zero-order chi connectivity index (χ0) is 21.1. The van der Waals surface area contributed by atoms with Crippen molar-refractivity contribution in [1.82, 2.24) is 10.2 Å². The molecule has 3 aromatic rings. The van der Waals surface area contributed by atoms with Crippen molar-refractivity contribution in [2.75, 3.05) is 14.2 Å². The molecular formula is C22H24N2O4S. The first kappa shape index (κ1) is 20.9. The normalized spacial score (nSPS) is 10.8. The molecule has 0 radical (unpaired) electrons. The van der Waals surface area contributed by atoms with Gasteiger partial charge in [-0.3, -0.25) is 4.79 Å². The lowest BCUT2D eigenvalue weighted by molar-refractivity contribution is 0.101. The summed E-state index contributed by atoms with van der Waals surface area (Å²) in [5, 5.41) is 8.76. The molecule has 0 amide bonds. The summed E-state index contributed by atoms with van der Waals surface area (Å²) >= 11 is 1.45. The predicted octanol–water partition coefficient (Wildman–Crippen LogP) is 5.17. The molecule has 152 valence electrons. The van der Waals surface area contributed by atoms with Gasteiger partial charge in [0.1, 0.15) is 0 Å². The van der Waals surface area contributed by atoms with Gasteiger partial charge in [-0.15, -0.1) is 10.2 Å². The Bertz CT molecular complexity index is 1060. The van der Waals surface area contributed by atoms with Gasteiger partial charge in [-0.2, -0.15) is 0 Å². The molecule has 0 saturated heterocycles. The fraction of sp³-hybridized carbons (Fsp3) is 0.318. The molecule has 1 heterocycles. The average Bonchev–Trinajstić information content (AvgIpc) is 3.15. The van der Waals surface area contributed by atoms with Gasteiger partial charge in [0.05, 0.1) is 14.2 Å². The van der Waals surface area contributed by atoms with Crippen molar-refractivity contribution in [3.63, 3.8) is 0 Å². The van der Waals surface area contributed by atoms with Crippen LogP contribution in [0.15, 0.2) is 33.9 Å². The van der Waals surface area contributed by atoms with E-state index in [1.807, 2.05) is 19.9 Å². The Kier molecular flexibility index (Phi) is 6.27. The van der Waals surface area contributed by atoms with E-state index in [2.05, 4.69) is 23.2 Å². The number of aromatic nitrogens is 2. The third-order valence-corrected chi connectivity index (χ3v) is 5.70. The van der Waals surface area contributed by atoms with Gasteiger partial charge in [0.15, 0.2) is 17.3 Å². The topological polar surface area (TPSA) is 74.5 Å². The van der Waals surface area contributed by atoms with Crippen LogP contribution in [0.2, 0.25) is 0 Å². The highest BCUT2D eigenvalue weighted by molar-refractivity contribution is 7.98. The van der Waals surface area contributed by atoms with Crippen LogP contribution in [0.25, 0.3) is 11.5 Å². The number of hydrogen-bond donors (Lipinski definition) is 0. The van der Waals surface area contributed by atoms with E-state index >= 15 is 0 Å². The van der Waals surface area contributed by atoms with Crippen molar-refractivity contribution in [1.29, 1.82) is 0 Å². The number of nitrogens with zero attached hydrogens (tertiary/aromatic N) is 2. The van der Waals surface area contributed by atoms with E-state index in [4.69, 9.17) is 13.9 Å². The summed E-state index contributed by atoms with van der Waals surface area (Å²) in [7, 11) is 3.17. The van der Waals surface area contributed by atoms with Crippen molar-refractivity contribution in [3.05, 3.63) is 52.1 Å². The van der Waals surface area contributed by atoms with Crippen molar-refractivity contribution < 1.29 is 18.7 Å². The molecule has 0 N–H and O–H groups in total. The van der Waals surface area contributed by atoms with Crippen LogP contribution >= 0.6 is 11.8 Å². The maximum atomic E-state index is 12.0. The highest BCUT2D eigenvalue weighted by Crippen LogP contribution is 2.34. The predicted molar refractivity (Wildman–Crippen MR) is 113 cm³/mol. The molecule has 0 aliphatic rings. The lowest BCUT2D eigenvalue weighted by atomic mass is 9.92. The maximum Gasteiger partial charge on any atom is 0.277 e. The molecule has 2 aromatic carbocycles. The minimum atomic E-state index is 0.0831. The largest absolute Gasteiger partial charge is 0.493 e. The summed E-state index contributed by atoms with van der Waals surface area (Å²) in [5.41, 5.74) is 5.84. The number of thioether (sulfide) groups is 1. The highest BCUT2D eigenvalue weighted by Gasteiger charge is 2.17. The molecule has 0 aliphatic heterocycles. The number of aryl methyl sites for hydroxylation is 2. The van der Waals surface area contributed by atoms with Gasteiger partial charge in [-0.1, -0.05) is 17.8 Å². The number of carbonyl (C=O) groups excluding carboxylic acids is 1. The third kappa shape index (κ3) is 4.29. The van der Waals surface area contributed by atoms with E-state index in [0.717, 1.165) is 33.4 Å². The standard InChI is InChI=1S/C22H24N2O4S/c1-12-9-13(2)20(15(4)25)14(3)17(12)11-29-22-24-23-21(28-22)16-7-8-18(26-5)19(10-16)27-6/h7-10H,11H2,1-6H3. The Labute approximate surface area is 174 Å². The molecule has 0 fully saturated rings. The minimum Gasteiger partial charge on any atom is -0.493 e. The van der Waals surface area contributed by atoms with E-state index in [-0.39, 0.29) is 5.78 Å². The van der Waals surface area contributed by atoms with Crippen LogP contribution in [0.4, 0.5) is 0 Å². The van der Waals surface area contributed by atoms with Gasteiger partial charge in [0.2, 0.25) is 5.89 Å². The molecule has 0 saturated carbocycles. The molecule has 7 heteroatoms. The summed E-state index contributed by atoms with van der Waals surface area (Å²) in [6.45, 7) is 7.63. The SMILES string of the molecule is COc1ccc(-c2nnc(SCc3c(C)cc(C)c(C(C)=O)c3C)o2)cc1OC. The fourth-order valence-corrected chi connectivity index (χ4v) is 4.43. The monoisotopic (exact) mass is 412 g/mol. The molecule has 6 nitrogen and oxygen atoms in total. The summed E-state index contributed by atoms with van der Waals surface area (Å²) in [6, 6.07) is 7.50. The van der Waals surface area contributed by atoms with Gasteiger partial charge >= 0.3 is 0 Å². The Balaban J connectivity index is 1.82. The van der Waals surface area contributed by atoms with Crippen molar-refractivity contribution in [3.8, 4) is 23.0 Å². The van der Waals surface area contributed by atoms with Gasteiger partial charge in [-0.05, 0) is 68.1 Å². The average molecular weight is 413 g/mol. The molecule has 0 spiro atoms. The van der Waals surface area contributed by atoms with Gasteiger partial charge in [0, 0.05) is 16.9 Å².